The van der Waals surface area contributed by atoms with Crippen LogP contribution in [0.4, 0.5) is 0 Å². The number of carbonyl (C=O) groups is 2. The third kappa shape index (κ3) is 8.94. The molecule has 0 amide bonds. The van der Waals surface area contributed by atoms with E-state index in [0.29, 0.717) is 5.92 Å². The van der Waals surface area contributed by atoms with Crippen LogP contribution < -0.4 is 0 Å². The van der Waals surface area contributed by atoms with Gasteiger partial charge in [0.1, 0.15) is 0 Å². The van der Waals surface area contributed by atoms with E-state index < -0.39 is 11.9 Å². The first-order valence-electron chi connectivity index (χ1n) is 7.97. The molecule has 2 unspecified atom stereocenters. The van der Waals surface area contributed by atoms with Gasteiger partial charge < -0.3 is 10.2 Å². The molecular weight excluding hydrogens is 256 g/mol. The number of carboxylic acids is 2. The van der Waals surface area contributed by atoms with Crippen molar-refractivity contribution in [2.75, 3.05) is 0 Å². The molecule has 2 N–H and O–H groups in total. The molecule has 0 spiro atoms. The maximum atomic E-state index is 11.4. The first-order chi connectivity index (χ1) is 9.52. The largest absolute Gasteiger partial charge is 0.481 e. The van der Waals surface area contributed by atoms with Crippen LogP contribution in [-0.2, 0) is 9.59 Å². The molecule has 0 aromatic heterocycles. The lowest BCUT2D eigenvalue weighted by Crippen LogP contribution is -2.23. The highest BCUT2D eigenvalue weighted by atomic mass is 16.4. The van der Waals surface area contributed by atoms with Crippen molar-refractivity contribution in [3.05, 3.63) is 0 Å². The molecule has 0 aromatic carbocycles. The lowest BCUT2D eigenvalue weighted by molar-refractivity contribution is -0.144. The van der Waals surface area contributed by atoms with Gasteiger partial charge in [-0.3, -0.25) is 9.59 Å². The van der Waals surface area contributed by atoms with Gasteiger partial charge in [-0.05, 0) is 25.2 Å². The molecule has 20 heavy (non-hydrogen) atoms. The van der Waals surface area contributed by atoms with Crippen LogP contribution in [0, 0.1) is 11.8 Å². The predicted octanol–water partition coefficient (Wildman–Crippen LogP) is 4.33. The van der Waals surface area contributed by atoms with E-state index in [1.165, 1.54) is 0 Å². The standard InChI is InChI=1S/C16H30O4/c1-3-10-13(4-2)14(16(19)20)11-8-6-5-7-9-12-15(17)18/h13-14H,3-12H2,1-2H3,(H,17,18)(H,19,20). The Balaban J connectivity index is 3.86. The molecule has 0 fully saturated rings. The molecule has 4 nitrogen and oxygen atoms in total. The number of unbranched alkanes of at least 4 members (excludes halogenated alkanes) is 4. The molecule has 2 atom stereocenters. The normalized spacial score (nSPS) is 13.9. The van der Waals surface area contributed by atoms with Crippen molar-refractivity contribution < 1.29 is 19.8 Å². The fourth-order valence-corrected chi connectivity index (χ4v) is 2.79. The summed E-state index contributed by atoms with van der Waals surface area (Å²) in [6.45, 7) is 4.17. The Hall–Kier alpha value is -1.06. The summed E-state index contributed by atoms with van der Waals surface area (Å²) in [6.07, 6.45) is 8.56. The minimum absolute atomic E-state index is 0.209. The van der Waals surface area contributed by atoms with E-state index in [0.717, 1.165) is 57.8 Å². The van der Waals surface area contributed by atoms with E-state index in [9.17, 15) is 14.7 Å². The molecule has 0 saturated heterocycles. The number of carboxylic acid groups (broad SMARTS) is 2. The van der Waals surface area contributed by atoms with Crippen molar-refractivity contribution in [3.63, 3.8) is 0 Å². The zero-order valence-electron chi connectivity index (χ0n) is 12.9. The van der Waals surface area contributed by atoms with Gasteiger partial charge in [0.25, 0.3) is 0 Å². The highest BCUT2D eigenvalue weighted by Gasteiger charge is 2.25. The smallest absolute Gasteiger partial charge is 0.306 e. The van der Waals surface area contributed by atoms with Crippen molar-refractivity contribution in [2.24, 2.45) is 11.8 Å². The molecule has 0 aliphatic heterocycles. The second-order valence-electron chi connectivity index (χ2n) is 5.60. The summed E-state index contributed by atoms with van der Waals surface area (Å²) in [6, 6.07) is 0. The molecule has 4 heteroatoms. The van der Waals surface area contributed by atoms with Crippen LogP contribution in [0.3, 0.4) is 0 Å². The maximum absolute atomic E-state index is 11.4. The molecule has 0 heterocycles. The van der Waals surface area contributed by atoms with E-state index in [2.05, 4.69) is 13.8 Å². The SMILES string of the molecule is CCCC(CC)C(CCCCCCCC(=O)O)C(=O)O. The van der Waals surface area contributed by atoms with Crippen LogP contribution in [0.25, 0.3) is 0 Å². The van der Waals surface area contributed by atoms with Crippen molar-refractivity contribution in [1.29, 1.82) is 0 Å². The summed E-state index contributed by atoms with van der Waals surface area (Å²) >= 11 is 0. The Bertz CT molecular complexity index is 276. The molecule has 118 valence electrons. The van der Waals surface area contributed by atoms with Gasteiger partial charge in [-0.25, -0.2) is 0 Å². The first-order valence-corrected chi connectivity index (χ1v) is 7.97. The van der Waals surface area contributed by atoms with Crippen LogP contribution in [-0.4, -0.2) is 22.2 Å². The lowest BCUT2D eigenvalue weighted by atomic mass is 9.83. The second kappa shape index (κ2) is 11.7. The third-order valence-corrected chi connectivity index (χ3v) is 3.98. The summed E-state index contributed by atoms with van der Waals surface area (Å²) in [7, 11) is 0. The number of rotatable bonds is 13. The molecule has 0 aliphatic carbocycles. The molecule has 0 rings (SSSR count). The van der Waals surface area contributed by atoms with Gasteiger partial charge in [0.05, 0.1) is 5.92 Å². The first kappa shape index (κ1) is 18.9. The number of hydrogen-bond acceptors (Lipinski definition) is 2. The van der Waals surface area contributed by atoms with Crippen LogP contribution in [0.5, 0.6) is 0 Å². The molecule has 0 bridgehead atoms. The van der Waals surface area contributed by atoms with Crippen molar-refractivity contribution in [2.45, 2.75) is 78.1 Å². The minimum atomic E-state index is -0.735. The fourth-order valence-electron chi connectivity index (χ4n) is 2.79. The van der Waals surface area contributed by atoms with Crippen molar-refractivity contribution in [1.82, 2.24) is 0 Å². The molecule has 0 radical (unpaired) electrons. The molecular formula is C16H30O4. The Morgan fingerprint density at radius 3 is 2.00 bits per heavy atom. The maximum Gasteiger partial charge on any atom is 0.306 e. The zero-order chi connectivity index (χ0) is 15.4. The van der Waals surface area contributed by atoms with E-state index >= 15 is 0 Å². The van der Waals surface area contributed by atoms with Gasteiger partial charge in [0, 0.05) is 6.42 Å². The highest BCUT2D eigenvalue weighted by molar-refractivity contribution is 5.70. The summed E-state index contributed by atoms with van der Waals surface area (Å²) in [5.41, 5.74) is 0. The van der Waals surface area contributed by atoms with Gasteiger partial charge in [-0.1, -0.05) is 52.4 Å². The van der Waals surface area contributed by atoms with Crippen LogP contribution in [0.1, 0.15) is 78.1 Å². The average molecular weight is 286 g/mol. The predicted molar refractivity (Wildman–Crippen MR) is 79.8 cm³/mol. The Kier molecular flexibility index (Phi) is 11.1. The highest BCUT2D eigenvalue weighted by Crippen LogP contribution is 2.26. The summed E-state index contributed by atoms with van der Waals surface area (Å²) in [4.78, 5) is 21.7. The lowest BCUT2D eigenvalue weighted by Gasteiger charge is -2.22. The quantitative estimate of drug-likeness (QED) is 0.494. The molecule has 0 aliphatic rings. The number of aliphatic carboxylic acids is 2. The van der Waals surface area contributed by atoms with Gasteiger partial charge in [-0.15, -0.1) is 0 Å². The van der Waals surface area contributed by atoms with Gasteiger partial charge in [-0.2, -0.15) is 0 Å². The van der Waals surface area contributed by atoms with E-state index in [1.54, 1.807) is 0 Å². The monoisotopic (exact) mass is 286 g/mol. The topological polar surface area (TPSA) is 74.6 Å². The molecule has 0 aromatic rings. The van der Waals surface area contributed by atoms with Gasteiger partial charge in [0.15, 0.2) is 0 Å². The van der Waals surface area contributed by atoms with Crippen LogP contribution in [0.15, 0.2) is 0 Å². The van der Waals surface area contributed by atoms with Crippen LogP contribution in [0.2, 0.25) is 0 Å². The van der Waals surface area contributed by atoms with Crippen molar-refractivity contribution >= 4 is 11.9 Å². The summed E-state index contributed by atoms with van der Waals surface area (Å²) in [5, 5.41) is 17.9. The Morgan fingerprint density at radius 2 is 1.50 bits per heavy atom. The molecule has 0 saturated carbocycles. The Morgan fingerprint density at radius 1 is 0.900 bits per heavy atom. The Labute approximate surface area is 122 Å². The summed E-state index contributed by atoms with van der Waals surface area (Å²) in [5.74, 6) is -1.30. The average Bonchev–Trinajstić information content (AvgIpc) is 2.39. The van der Waals surface area contributed by atoms with Crippen molar-refractivity contribution in [3.8, 4) is 0 Å². The van der Waals surface area contributed by atoms with Crippen LogP contribution >= 0.6 is 0 Å². The minimum Gasteiger partial charge on any atom is -0.481 e. The fraction of sp³-hybridized carbons (Fsp3) is 0.875. The van der Waals surface area contributed by atoms with Gasteiger partial charge in [0.2, 0.25) is 0 Å². The van der Waals surface area contributed by atoms with E-state index in [1.807, 2.05) is 0 Å². The van der Waals surface area contributed by atoms with Gasteiger partial charge >= 0.3 is 11.9 Å². The van der Waals surface area contributed by atoms with E-state index in [4.69, 9.17) is 5.11 Å². The summed E-state index contributed by atoms with van der Waals surface area (Å²) < 4.78 is 0. The third-order valence-electron chi connectivity index (χ3n) is 3.98. The number of hydrogen-bond donors (Lipinski definition) is 2. The zero-order valence-corrected chi connectivity index (χ0v) is 12.9. The second-order valence-corrected chi connectivity index (χ2v) is 5.60. The van der Waals surface area contributed by atoms with E-state index in [-0.39, 0.29) is 12.3 Å².